The van der Waals surface area contributed by atoms with Crippen molar-refractivity contribution in [2.75, 3.05) is 13.2 Å². The summed E-state index contributed by atoms with van der Waals surface area (Å²) in [4.78, 5) is 22.9. The Kier molecular flexibility index (Phi) is 4.66. The Hall–Kier alpha value is -1.88. The van der Waals surface area contributed by atoms with E-state index in [9.17, 15) is 9.59 Å². The molecule has 0 radical (unpaired) electrons. The summed E-state index contributed by atoms with van der Waals surface area (Å²) in [5, 5.41) is 11.8. The van der Waals surface area contributed by atoms with Crippen molar-refractivity contribution in [3.05, 3.63) is 35.4 Å². The number of hydrogen-bond donors (Lipinski definition) is 2. The Labute approximate surface area is 136 Å². The van der Waals surface area contributed by atoms with Gasteiger partial charge in [-0.15, -0.1) is 0 Å². The van der Waals surface area contributed by atoms with Gasteiger partial charge in [0.15, 0.2) is 0 Å². The molecule has 5 nitrogen and oxygen atoms in total. The van der Waals surface area contributed by atoms with E-state index < -0.39 is 11.9 Å². The molecular weight excluding hydrogens is 294 g/mol. The number of nitrogens with one attached hydrogen (secondary N) is 1. The topological polar surface area (TPSA) is 75.6 Å². The van der Waals surface area contributed by atoms with Crippen molar-refractivity contribution in [1.29, 1.82) is 0 Å². The van der Waals surface area contributed by atoms with E-state index in [1.54, 1.807) is 0 Å². The van der Waals surface area contributed by atoms with Crippen LogP contribution in [0.4, 0.5) is 0 Å². The number of aliphatic carboxylic acids is 1. The van der Waals surface area contributed by atoms with Crippen LogP contribution >= 0.6 is 0 Å². The van der Waals surface area contributed by atoms with Crippen LogP contribution in [0.25, 0.3) is 0 Å². The van der Waals surface area contributed by atoms with E-state index >= 15 is 0 Å². The summed E-state index contributed by atoms with van der Waals surface area (Å²) in [6, 6.07) is 8.32. The van der Waals surface area contributed by atoms with Crippen LogP contribution < -0.4 is 5.32 Å². The molecule has 4 atom stereocenters. The number of benzene rings is 1. The van der Waals surface area contributed by atoms with Crippen molar-refractivity contribution < 1.29 is 19.4 Å². The molecular formula is C18H23NO4. The normalized spacial score (nSPS) is 29.8. The van der Waals surface area contributed by atoms with Crippen LogP contribution in [0.5, 0.6) is 0 Å². The van der Waals surface area contributed by atoms with Crippen LogP contribution in [0, 0.1) is 24.7 Å². The molecule has 0 aromatic heterocycles. The van der Waals surface area contributed by atoms with Crippen LogP contribution in [0.15, 0.2) is 24.3 Å². The number of carbonyl (C=O) groups excluding carboxylic acids is 1. The van der Waals surface area contributed by atoms with E-state index in [4.69, 9.17) is 9.84 Å². The minimum absolute atomic E-state index is 0.000811. The lowest BCUT2D eigenvalue weighted by molar-refractivity contribution is -0.140. The Morgan fingerprint density at radius 2 is 2.00 bits per heavy atom. The maximum atomic E-state index is 12.0. The molecule has 1 aliphatic heterocycles. The van der Waals surface area contributed by atoms with Crippen LogP contribution in [0.3, 0.4) is 0 Å². The van der Waals surface area contributed by atoms with Gasteiger partial charge in [-0.25, -0.2) is 0 Å². The molecule has 1 aromatic rings. The van der Waals surface area contributed by atoms with E-state index in [-0.39, 0.29) is 23.8 Å². The molecule has 1 aliphatic carbocycles. The van der Waals surface area contributed by atoms with Gasteiger partial charge in [0.1, 0.15) is 0 Å². The number of carboxylic acid groups (broad SMARTS) is 1. The third-order valence-electron chi connectivity index (χ3n) is 4.83. The summed E-state index contributed by atoms with van der Waals surface area (Å²) >= 11 is 0. The average molecular weight is 317 g/mol. The highest BCUT2D eigenvalue weighted by Gasteiger charge is 2.48. The summed E-state index contributed by atoms with van der Waals surface area (Å²) in [7, 11) is 0. The lowest BCUT2D eigenvalue weighted by Gasteiger charge is -2.32. The lowest BCUT2D eigenvalue weighted by Crippen LogP contribution is -2.36. The second-order valence-corrected chi connectivity index (χ2v) is 6.64. The zero-order chi connectivity index (χ0) is 16.4. The molecule has 0 spiro atoms. The van der Waals surface area contributed by atoms with E-state index in [0.29, 0.717) is 13.0 Å². The second kappa shape index (κ2) is 6.71. The van der Waals surface area contributed by atoms with E-state index in [1.165, 1.54) is 5.56 Å². The number of carbonyl (C=O) groups is 2. The third-order valence-corrected chi connectivity index (χ3v) is 4.83. The Bertz CT molecular complexity index is 583. The van der Waals surface area contributed by atoms with Gasteiger partial charge >= 0.3 is 5.97 Å². The van der Waals surface area contributed by atoms with Gasteiger partial charge in [0.25, 0.3) is 0 Å². The first kappa shape index (κ1) is 16.0. The first-order valence-electron chi connectivity index (χ1n) is 8.25. The van der Waals surface area contributed by atoms with Gasteiger partial charge in [-0.2, -0.15) is 0 Å². The number of aryl methyl sites for hydroxylation is 1. The van der Waals surface area contributed by atoms with Gasteiger partial charge in [0.05, 0.1) is 17.9 Å². The predicted molar refractivity (Wildman–Crippen MR) is 84.8 cm³/mol. The van der Waals surface area contributed by atoms with Crippen LogP contribution in [-0.2, 0) is 14.3 Å². The number of amides is 1. The Balaban J connectivity index is 1.58. The Morgan fingerprint density at radius 3 is 2.65 bits per heavy atom. The van der Waals surface area contributed by atoms with E-state index in [1.807, 2.05) is 0 Å². The molecule has 1 saturated carbocycles. The highest BCUT2D eigenvalue weighted by Crippen LogP contribution is 2.39. The predicted octanol–water partition coefficient (Wildman–Crippen LogP) is 2.30. The van der Waals surface area contributed by atoms with E-state index in [0.717, 1.165) is 25.0 Å². The highest BCUT2D eigenvalue weighted by molar-refractivity contribution is 5.89. The molecule has 2 aliphatic rings. The van der Waals surface area contributed by atoms with Crippen LogP contribution in [0.1, 0.15) is 36.5 Å². The maximum absolute atomic E-state index is 12.0. The molecule has 1 heterocycles. The standard InChI is InChI=1S/C18H23NO4/c1-11-4-6-12(7-5-11)16-13(3-2-8-23-16)10-19-17(20)14-9-15(14)18(21)22/h4-7,13-16H,2-3,8-10H2,1H3,(H,19,20)(H,21,22)/t13-,14+,15+,16+/m1/s1. The molecule has 0 bridgehead atoms. The molecule has 1 amide bonds. The monoisotopic (exact) mass is 317 g/mol. The van der Waals surface area contributed by atoms with Gasteiger partial charge in [-0.05, 0) is 31.7 Å². The molecule has 23 heavy (non-hydrogen) atoms. The quantitative estimate of drug-likeness (QED) is 0.874. The number of ether oxygens (including phenoxy) is 1. The highest BCUT2D eigenvalue weighted by atomic mass is 16.5. The number of hydrogen-bond acceptors (Lipinski definition) is 3. The zero-order valence-corrected chi connectivity index (χ0v) is 13.3. The Morgan fingerprint density at radius 1 is 1.26 bits per heavy atom. The smallest absolute Gasteiger partial charge is 0.307 e. The third kappa shape index (κ3) is 3.72. The zero-order valence-electron chi connectivity index (χ0n) is 13.3. The van der Waals surface area contributed by atoms with E-state index in [2.05, 4.69) is 36.5 Å². The van der Waals surface area contributed by atoms with Crippen molar-refractivity contribution >= 4 is 11.9 Å². The molecule has 2 N–H and O–H groups in total. The van der Waals surface area contributed by atoms with Crippen LogP contribution in [0.2, 0.25) is 0 Å². The van der Waals surface area contributed by atoms with Crippen LogP contribution in [-0.4, -0.2) is 30.1 Å². The van der Waals surface area contributed by atoms with Gasteiger partial charge in [0.2, 0.25) is 5.91 Å². The maximum Gasteiger partial charge on any atom is 0.307 e. The number of carboxylic acids is 1. The fraction of sp³-hybridized carbons (Fsp3) is 0.556. The minimum atomic E-state index is -0.872. The fourth-order valence-corrected chi connectivity index (χ4v) is 3.30. The van der Waals surface area contributed by atoms with Gasteiger partial charge < -0.3 is 15.2 Å². The SMILES string of the molecule is Cc1ccc([C@@H]2OCCC[C@@H]2CNC(=O)[C@H]2C[C@@H]2C(=O)O)cc1. The first-order chi connectivity index (χ1) is 11.1. The van der Waals surface area contributed by atoms with Crippen molar-refractivity contribution in [2.24, 2.45) is 17.8 Å². The first-order valence-corrected chi connectivity index (χ1v) is 8.25. The van der Waals surface area contributed by atoms with Crippen molar-refractivity contribution in [3.63, 3.8) is 0 Å². The summed E-state index contributed by atoms with van der Waals surface area (Å²) in [6.07, 6.45) is 2.46. The summed E-state index contributed by atoms with van der Waals surface area (Å²) in [6.45, 7) is 3.34. The second-order valence-electron chi connectivity index (χ2n) is 6.64. The number of rotatable bonds is 5. The molecule has 124 valence electrons. The van der Waals surface area contributed by atoms with Gasteiger partial charge in [-0.3, -0.25) is 9.59 Å². The van der Waals surface area contributed by atoms with Gasteiger partial charge in [0, 0.05) is 19.1 Å². The molecule has 0 unspecified atom stereocenters. The van der Waals surface area contributed by atoms with Crippen molar-refractivity contribution in [1.82, 2.24) is 5.32 Å². The summed E-state index contributed by atoms with van der Waals surface area (Å²) < 4.78 is 5.94. The average Bonchev–Trinajstić information content (AvgIpc) is 3.35. The summed E-state index contributed by atoms with van der Waals surface area (Å²) in [5.74, 6) is -1.62. The molecule has 2 fully saturated rings. The fourth-order valence-electron chi connectivity index (χ4n) is 3.30. The summed E-state index contributed by atoms with van der Waals surface area (Å²) in [5.41, 5.74) is 2.35. The van der Waals surface area contributed by atoms with Gasteiger partial charge in [-0.1, -0.05) is 29.8 Å². The molecule has 1 saturated heterocycles. The van der Waals surface area contributed by atoms with Crippen molar-refractivity contribution in [2.45, 2.75) is 32.3 Å². The largest absolute Gasteiger partial charge is 0.481 e. The molecule has 5 heteroatoms. The van der Waals surface area contributed by atoms with Crippen molar-refractivity contribution in [3.8, 4) is 0 Å². The minimum Gasteiger partial charge on any atom is -0.481 e. The molecule has 1 aromatic carbocycles. The molecule has 3 rings (SSSR count). The lowest BCUT2D eigenvalue weighted by atomic mass is 9.89.